The van der Waals surface area contributed by atoms with Gasteiger partial charge in [-0.2, -0.15) is 0 Å². The summed E-state index contributed by atoms with van der Waals surface area (Å²) in [6, 6.07) is 97.3. The normalized spacial score (nSPS) is 12.3. The minimum atomic E-state index is -0.104. The second kappa shape index (κ2) is 17.5. The van der Waals surface area contributed by atoms with Crippen molar-refractivity contribution in [1.82, 2.24) is 0 Å². The molecule has 0 spiro atoms. The van der Waals surface area contributed by atoms with Crippen molar-refractivity contribution in [2.45, 2.75) is 19.3 Å². The lowest BCUT2D eigenvalue weighted by atomic mass is 9.82. The van der Waals surface area contributed by atoms with E-state index in [9.17, 15) is 0 Å². The second-order valence-electron chi connectivity index (χ2n) is 18.5. The Morgan fingerprint density at radius 1 is 0.232 bits per heavy atom. The third-order valence-corrected chi connectivity index (χ3v) is 14.0. The molecule has 12 rings (SSSR count). The van der Waals surface area contributed by atoms with Gasteiger partial charge in [0, 0.05) is 39.5 Å². The number of rotatable bonds is 10. The van der Waals surface area contributed by atoms with Crippen LogP contribution in [0.2, 0.25) is 0 Å². The third-order valence-electron chi connectivity index (χ3n) is 14.0. The molecule has 0 aliphatic heterocycles. The molecule has 0 saturated carbocycles. The molecule has 0 fully saturated rings. The summed E-state index contributed by atoms with van der Waals surface area (Å²) in [6.07, 6.45) is 0. The number of para-hydroxylation sites is 2. The van der Waals surface area contributed by atoms with Crippen molar-refractivity contribution in [1.29, 1.82) is 0 Å². The molecule has 0 amide bonds. The molecule has 328 valence electrons. The van der Waals surface area contributed by atoms with Gasteiger partial charge in [0.25, 0.3) is 0 Å². The van der Waals surface area contributed by atoms with Crippen molar-refractivity contribution in [2.24, 2.45) is 0 Å². The van der Waals surface area contributed by atoms with E-state index in [1.807, 2.05) is 0 Å². The Morgan fingerprint density at radius 3 is 1.12 bits per heavy atom. The van der Waals surface area contributed by atoms with Gasteiger partial charge < -0.3 is 9.80 Å². The lowest BCUT2D eigenvalue weighted by molar-refractivity contribution is 0.660. The fraction of sp³-hybridized carbons (Fsp3) is 0.0448. The van der Waals surface area contributed by atoms with Crippen molar-refractivity contribution in [3.63, 3.8) is 0 Å². The highest BCUT2D eigenvalue weighted by Gasteiger charge is 2.35. The van der Waals surface area contributed by atoms with Gasteiger partial charge in [0.15, 0.2) is 0 Å². The summed E-state index contributed by atoms with van der Waals surface area (Å²) in [5.41, 5.74) is 21.4. The van der Waals surface area contributed by atoms with Crippen LogP contribution in [0.5, 0.6) is 0 Å². The molecule has 0 radical (unpaired) electrons. The SMILES string of the molecule is CC1(C)c2ccccc2-c2ccc(N(c3ccccc3)c3ccc(-c4cc(-c5ccccc5)c(-c5ccc(N(c6ccccc6)c6ccc7ccccc7c6)cc5)cc4-c4ccccc4)cc3)cc21. The van der Waals surface area contributed by atoms with Gasteiger partial charge in [-0.15, -0.1) is 0 Å². The van der Waals surface area contributed by atoms with Crippen LogP contribution in [0, 0.1) is 0 Å². The molecule has 1 aliphatic rings. The van der Waals surface area contributed by atoms with Crippen LogP contribution >= 0.6 is 0 Å². The molecule has 11 aromatic carbocycles. The number of nitrogens with zero attached hydrogens (tertiary/aromatic N) is 2. The number of hydrogen-bond acceptors (Lipinski definition) is 2. The van der Waals surface area contributed by atoms with Gasteiger partial charge in [-0.25, -0.2) is 0 Å². The average Bonchev–Trinajstić information content (AvgIpc) is 3.65. The van der Waals surface area contributed by atoms with Gasteiger partial charge in [0.05, 0.1) is 0 Å². The molecule has 0 bridgehead atoms. The first-order valence-electron chi connectivity index (χ1n) is 23.9. The zero-order valence-electron chi connectivity index (χ0n) is 38.8. The van der Waals surface area contributed by atoms with E-state index in [-0.39, 0.29) is 5.41 Å². The predicted octanol–water partition coefficient (Wildman–Crippen LogP) is 18.8. The van der Waals surface area contributed by atoms with E-state index in [1.54, 1.807) is 0 Å². The Kier molecular flexibility index (Phi) is 10.6. The number of benzene rings is 11. The first-order chi connectivity index (χ1) is 34.0. The predicted molar refractivity (Wildman–Crippen MR) is 293 cm³/mol. The molecule has 0 heterocycles. The quantitative estimate of drug-likeness (QED) is 0.135. The fourth-order valence-electron chi connectivity index (χ4n) is 10.6. The minimum absolute atomic E-state index is 0.104. The standard InChI is InChI=1S/C67H50N2/c1-67(2)65-30-18-17-29-59(65)60-42-41-58(44-66(60)67)69(54-27-13-6-14-28-54)56-38-34-51(35-39-56)64-46-61(48-20-7-3-8-21-48)63(45-62(64)49-22-9-4-10-23-49)50-32-36-55(37-33-50)68(53-25-11-5-12-26-53)57-40-31-47-19-15-16-24-52(47)43-57/h3-46H,1-2H3. The molecular formula is C67H50N2. The van der Waals surface area contributed by atoms with E-state index < -0.39 is 0 Å². The summed E-state index contributed by atoms with van der Waals surface area (Å²) in [4.78, 5) is 4.74. The molecule has 0 N–H and O–H groups in total. The van der Waals surface area contributed by atoms with E-state index in [4.69, 9.17) is 0 Å². The van der Waals surface area contributed by atoms with Gasteiger partial charge in [0.2, 0.25) is 0 Å². The summed E-state index contributed by atoms with van der Waals surface area (Å²) >= 11 is 0. The van der Waals surface area contributed by atoms with Gasteiger partial charge in [-0.05, 0) is 162 Å². The van der Waals surface area contributed by atoms with Crippen LogP contribution in [0.1, 0.15) is 25.0 Å². The molecule has 0 atom stereocenters. The molecular weight excluding hydrogens is 833 g/mol. The van der Waals surface area contributed by atoms with Crippen molar-refractivity contribution in [3.8, 4) is 55.6 Å². The van der Waals surface area contributed by atoms with Crippen LogP contribution in [-0.4, -0.2) is 0 Å². The first kappa shape index (κ1) is 41.7. The maximum Gasteiger partial charge on any atom is 0.0468 e. The zero-order chi connectivity index (χ0) is 46.3. The molecule has 2 nitrogen and oxygen atoms in total. The molecule has 0 aromatic heterocycles. The van der Waals surface area contributed by atoms with E-state index in [0.717, 1.165) is 45.3 Å². The first-order valence-corrected chi connectivity index (χ1v) is 23.9. The summed E-state index contributed by atoms with van der Waals surface area (Å²) in [5, 5.41) is 2.44. The van der Waals surface area contributed by atoms with Crippen molar-refractivity contribution < 1.29 is 0 Å². The highest BCUT2D eigenvalue weighted by Crippen LogP contribution is 2.51. The smallest absolute Gasteiger partial charge is 0.0468 e. The number of hydrogen-bond donors (Lipinski definition) is 0. The topological polar surface area (TPSA) is 6.48 Å². The summed E-state index contributed by atoms with van der Waals surface area (Å²) < 4.78 is 0. The maximum atomic E-state index is 2.41. The lowest BCUT2D eigenvalue weighted by Gasteiger charge is -2.28. The van der Waals surface area contributed by atoms with E-state index >= 15 is 0 Å². The molecule has 11 aromatic rings. The molecule has 2 heteroatoms. The minimum Gasteiger partial charge on any atom is -0.310 e. The van der Waals surface area contributed by atoms with Crippen LogP contribution < -0.4 is 9.80 Å². The van der Waals surface area contributed by atoms with Crippen LogP contribution in [0.4, 0.5) is 34.1 Å². The highest BCUT2D eigenvalue weighted by molar-refractivity contribution is 5.97. The number of fused-ring (bicyclic) bond motifs is 4. The van der Waals surface area contributed by atoms with Gasteiger partial charge >= 0.3 is 0 Å². The van der Waals surface area contributed by atoms with Crippen LogP contribution in [0.15, 0.2) is 267 Å². The zero-order valence-corrected chi connectivity index (χ0v) is 38.8. The molecule has 0 saturated heterocycles. The van der Waals surface area contributed by atoms with Gasteiger partial charge in [-0.3, -0.25) is 0 Å². The second-order valence-corrected chi connectivity index (χ2v) is 18.5. The summed E-state index contributed by atoms with van der Waals surface area (Å²) in [5.74, 6) is 0. The van der Waals surface area contributed by atoms with Crippen molar-refractivity contribution in [2.75, 3.05) is 9.80 Å². The van der Waals surface area contributed by atoms with E-state index in [0.29, 0.717) is 0 Å². The Hall–Kier alpha value is -8.72. The summed E-state index contributed by atoms with van der Waals surface area (Å²) in [7, 11) is 0. The largest absolute Gasteiger partial charge is 0.310 e. The third kappa shape index (κ3) is 7.67. The molecule has 69 heavy (non-hydrogen) atoms. The Bertz CT molecular complexity index is 3600. The fourth-order valence-corrected chi connectivity index (χ4v) is 10.6. The van der Waals surface area contributed by atoms with Crippen LogP contribution in [0.25, 0.3) is 66.4 Å². The average molecular weight is 883 g/mol. The van der Waals surface area contributed by atoms with Crippen LogP contribution in [-0.2, 0) is 5.41 Å². The Labute approximate surface area is 405 Å². The summed E-state index contributed by atoms with van der Waals surface area (Å²) in [6.45, 7) is 4.70. The van der Waals surface area contributed by atoms with Gasteiger partial charge in [-0.1, -0.05) is 196 Å². The Balaban J connectivity index is 0.968. The van der Waals surface area contributed by atoms with Gasteiger partial charge in [0.1, 0.15) is 0 Å². The number of anilines is 6. The van der Waals surface area contributed by atoms with Crippen molar-refractivity contribution in [3.05, 3.63) is 278 Å². The lowest BCUT2D eigenvalue weighted by Crippen LogP contribution is -2.16. The Morgan fingerprint density at radius 2 is 0.594 bits per heavy atom. The van der Waals surface area contributed by atoms with Crippen molar-refractivity contribution >= 4 is 44.9 Å². The monoisotopic (exact) mass is 882 g/mol. The highest BCUT2D eigenvalue weighted by atomic mass is 15.1. The van der Waals surface area contributed by atoms with E-state index in [1.165, 1.54) is 66.4 Å². The maximum absolute atomic E-state index is 2.41. The van der Waals surface area contributed by atoms with E-state index in [2.05, 4.69) is 291 Å². The molecule has 1 aliphatic carbocycles. The van der Waals surface area contributed by atoms with Crippen LogP contribution in [0.3, 0.4) is 0 Å². The molecule has 0 unspecified atom stereocenters.